The van der Waals surface area contributed by atoms with E-state index in [1.807, 2.05) is 0 Å². The summed E-state index contributed by atoms with van der Waals surface area (Å²) in [6.07, 6.45) is 1.56. The molecule has 0 aliphatic rings. The summed E-state index contributed by atoms with van der Waals surface area (Å²) in [5.74, 6) is 0.0254. The Morgan fingerprint density at radius 2 is 2.00 bits per heavy atom. The smallest absolute Gasteiger partial charge is 0.337 e. The molecule has 0 saturated heterocycles. The van der Waals surface area contributed by atoms with Crippen LogP contribution in [-0.4, -0.2) is 44.5 Å². The molecule has 2 aromatic rings. The standard InChI is InChI=1S/C18H23ClN2O4Si/c1-23-17(22)13-5-6-14(15-7-8-20-18(19)21-15)16(11-13)25-12-24-9-10-26(2,3)4/h5-8,11H,9-10,12H2,1-4H3. The van der Waals surface area contributed by atoms with Gasteiger partial charge in [-0.3, -0.25) is 0 Å². The lowest BCUT2D eigenvalue weighted by molar-refractivity contribution is 0.0222. The van der Waals surface area contributed by atoms with Crippen molar-refractivity contribution in [3.8, 4) is 17.0 Å². The number of esters is 1. The molecule has 8 heteroatoms. The van der Waals surface area contributed by atoms with Gasteiger partial charge in [0.15, 0.2) is 6.79 Å². The fourth-order valence-electron chi connectivity index (χ4n) is 2.13. The van der Waals surface area contributed by atoms with E-state index < -0.39 is 14.0 Å². The van der Waals surface area contributed by atoms with E-state index in [9.17, 15) is 4.79 Å². The van der Waals surface area contributed by atoms with Crippen molar-refractivity contribution in [2.24, 2.45) is 0 Å². The first-order valence-electron chi connectivity index (χ1n) is 8.22. The van der Waals surface area contributed by atoms with Crippen molar-refractivity contribution in [1.29, 1.82) is 0 Å². The van der Waals surface area contributed by atoms with Crippen LogP contribution in [0.2, 0.25) is 31.0 Å². The van der Waals surface area contributed by atoms with Crippen molar-refractivity contribution < 1.29 is 19.0 Å². The highest BCUT2D eigenvalue weighted by atomic mass is 35.5. The number of rotatable bonds is 8. The zero-order valence-corrected chi connectivity index (χ0v) is 17.2. The summed E-state index contributed by atoms with van der Waals surface area (Å²) in [4.78, 5) is 19.9. The number of benzene rings is 1. The third kappa shape index (κ3) is 6.08. The van der Waals surface area contributed by atoms with Crippen LogP contribution >= 0.6 is 11.6 Å². The van der Waals surface area contributed by atoms with Gasteiger partial charge in [0.1, 0.15) is 5.75 Å². The molecule has 0 aliphatic heterocycles. The molecule has 0 N–H and O–H groups in total. The number of carbonyl (C=O) groups is 1. The van der Waals surface area contributed by atoms with Crippen LogP contribution in [0.25, 0.3) is 11.3 Å². The maximum absolute atomic E-state index is 11.8. The number of hydrogen-bond donors (Lipinski definition) is 0. The molecule has 0 aliphatic carbocycles. The Hall–Kier alpha value is -1.96. The minimum Gasteiger partial charge on any atom is -0.467 e. The molecule has 0 amide bonds. The topological polar surface area (TPSA) is 70.5 Å². The highest BCUT2D eigenvalue weighted by Crippen LogP contribution is 2.30. The molecule has 1 heterocycles. The van der Waals surface area contributed by atoms with Crippen LogP contribution in [0, 0.1) is 0 Å². The van der Waals surface area contributed by atoms with Crippen molar-refractivity contribution in [3.05, 3.63) is 41.3 Å². The normalized spacial score (nSPS) is 11.3. The monoisotopic (exact) mass is 394 g/mol. The van der Waals surface area contributed by atoms with Gasteiger partial charge in [-0.15, -0.1) is 0 Å². The Balaban J connectivity index is 2.18. The van der Waals surface area contributed by atoms with E-state index in [-0.39, 0.29) is 12.1 Å². The Bertz CT molecular complexity index is 765. The van der Waals surface area contributed by atoms with Gasteiger partial charge < -0.3 is 14.2 Å². The molecule has 26 heavy (non-hydrogen) atoms. The van der Waals surface area contributed by atoms with Gasteiger partial charge in [-0.2, -0.15) is 0 Å². The average Bonchev–Trinajstić information content (AvgIpc) is 2.59. The van der Waals surface area contributed by atoms with Crippen molar-refractivity contribution in [3.63, 3.8) is 0 Å². The summed E-state index contributed by atoms with van der Waals surface area (Å²) in [5, 5.41) is 0.136. The van der Waals surface area contributed by atoms with Crippen LogP contribution < -0.4 is 4.74 Å². The van der Waals surface area contributed by atoms with Crippen LogP contribution in [0.3, 0.4) is 0 Å². The highest BCUT2D eigenvalue weighted by molar-refractivity contribution is 6.76. The van der Waals surface area contributed by atoms with E-state index >= 15 is 0 Å². The van der Waals surface area contributed by atoms with Gasteiger partial charge in [0.05, 0.1) is 18.4 Å². The Kier molecular flexibility index (Phi) is 7.13. The molecule has 2 rings (SSSR count). The van der Waals surface area contributed by atoms with E-state index in [0.29, 0.717) is 29.2 Å². The first-order valence-corrected chi connectivity index (χ1v) is 12.3. The molecule has 0 unspecified atom stereocenters. The van der Waals surface area contributed by atoms with Crippen molar-refractivity contribution in [2.45, 2.75) is 25.7 Å². The van der Waals surface area contributed by atoms with E-state index in [1.54, 1.807) is 30.5 Å². The minimum absolute atomic E-state index is 0.0842. The molecule has 0 fully saturated rings. The van der Waals surface area contributed by atoms with Crippen molar-refractivity contribution in [1.82, 2.24) is 9.97 Å². The highest BCUT2D eigenvalue weighted by Gasteiger charge is 2.15. The quantitative estimate of drug-likeness (QED) is 0.219. The molecule has 140 valence electrons. The van der Waals surface area contributed by atoms with Gasteiger partial charge in [0.2, 0.25) is 5.28 Å². The molecule has 1 aromatic heterocycles. The third-order valence-corrected chi connectivity index (χ3v) is 5.49. The summed E-state index contributed by atoms with van der Waals surface area (Å²) in [6, 6.07) is 7.77. The van der Waals surface area contributed by atoms with Gasteiger partial charge in [-0.1, -0.05) is 19.6 Å². The summed E-state index contributed by atoms with van der Waals surface area (Å²) in [6.45, 7) is 7.58. The molecule has 0 radical (unpaired) electrons. The van der Waals surface area contributed by atoms with Crippen LogP contribution in [-0.2, 0) is 9.47 Å². The van der Waals surface area contributed by atoms with E-state index in [1.165, 1.54) is 7.11 Å². The van der Waals surface area contributed by atoms with Crippen LogP contribution in [0.5, 0.6) is 5.75 Å². The number of halogens is 1. The summed E-state index contributed by atoms with van der Waals surface area (Å²) in [5.41, 5.74) is 1.67. The maximum Gasteiger partial charge on any atom is 0.337 e. The SMILES string of the molecule is COC(=O)c1ccc(-c2ccnc(Cl)n2)c(OCOCC[Si](C)(C)C)c1. The predicted octanol–water partition coefficient (Wildman–Crippen LogP) is 4.27. The van der Waals surface area contributed by atoms with Gasteiger partial charge in [-0.05, 0) is 41.9 Å². The van der Waals surface area contributed by atoms with Crippen molar-refractivity contribution >= 4 is 25.6 Å². The maximum atomic E-state index is 11.8. The van der Waals surface area contributed by atoms with Gasteiger partial charge in [-0.25, -0.2) is 14.8 Å². The number of ether oxygens (including phenoxy) is 3. The Labute approximate surface area is 159 Å². The largest absolute Gasteiger partial charge is 0.467 e. The number of carbonyl (C=O) groups excluding carboxylic acids is 1. The lowest BCUT2D eigenvalue weighted by atomic mass is 10.1. The third-order valence-electron chi connectivity index (χ3n) is 3.60. The second-order valence-electron chi connectivity index (χ2n) is 6.89. The van der Waals surface area contributed by atoms with Gasteiger partial charge in [0, 0.05) is 26.4 Å². The summed E-state index contributed by atoms with van der Waals surface area (Å²) < 4.78 is 16.1. The van der Waals surface area contributed by atoms with Gasteiger partial charge >= 0.3 is 5.97 Å². The van der Waals surface area contributed by atoms with Crippen molar-refractivity contribution in [2.75, 3.05) is 20.5 Å². The van der Waals surface area contributed by atoms with E-state index in [0.717, 1.165) is 6.04 Å². The molecule has 0 saturated carbocycles. The number of aromatic nitrogens is 2. The van der Waals surface area contributed by atoms with E-state index in [4.69, 9.17) is 25.8 Å². The molecule has 0 atom stereocenters. The van der Waals surface area contributed by atoms with Crippen LogP contribution in [0.1, 0.15) is 10.4 Å². The number of nitrogens with zero attached hydrogens (tertiary/aromatic N) is 2. The van der Waals surface area contributed by atoms with E-state index in [2.05, 4.69) is 29.6 Å². The average molecular weight is 395 g/mol. The number of hydrogen-bond acceptors (Lipinski definition) is 6. The fourth-order valence-corrected chi connectivity index (χ4v) is 3.03. The second kappa shape index (κ2) is 9.11. The first-order chi connectivity index (χ1) is 12.3. The molecular weight excluding hydrogens is 372 g/mol. The lowest BCUT2D eigenvalue weighted by Crippen LogP contribution is -2.22. The van der Waals surface area contributed by atoms with Crippen LogP contribution in [0.4, 0.5) is 0 Å². The zero-order chi connectivity index (χ0) is 19.2. The first kappa shape index (κ1) is 20.4. The lowest BCUT2D eigenvalue weighted by Gasteiger charge is -2.16. The second-order valence-corrected chi connectivity index (χ2v) is 12.9. The molecule has 0 bridgehead atoms. The Morgan fingerprint density at radius 1 is 1.23 bits per heavy atom. The predicted molar refractivity (Wildman–Crippen MR) is 103 cm³/mol. The summed E-state index contributed by atoms with van der Waals surface area (Å²) >= 11 is 5.88. The summed E-state index contributed by atoms with van der Waals surface area (Å²) in [7, 11) is 0.175. The zero-order valence-electron chi connectivity index (χ0n) is 15.4. The molecular formula is C18H23ClN2O4Si. The molecule has 0 spiro atoms. The molecule has 6 nitrogen and oxygen atoms in total. The molecule has 1 aromatic carbocycles. The van der Waals surface area contributed by atoms with Crippen LogP contribution in [0.15, 0.2) is 30.5 Å². The van der Waals surface area contributed by atoms with Gasteiger partial charge in [0.25, 0.3) is 0 Å². The fraction of sp³-hybridized carbons (Fsp3) is 0.389. The minimum atomic E-state index is -1.16. The number of methoxy groups -OCH3 is 1. The Morgan fingerprint density at radius 3 is 2.65 bits per heavy atom.